The van der Waals surface area contributed by atoms with E-state index in [1.165, 1.54) is 17.7 Å². The molecule has 0 fully saturated rings. The summed E-state index contributed by atoms with van der Waals surface area (Å²) in [4.78, 5) is 24.8. The lowest BCUT2D eigenvalue weighted by atomic mass is 10.2. The number of hydrogen-bond acceptors (Lipinski definition) is 6. The third-order valence-electron chi connectivity index (χ3n) is 3.85. The minimum atomic E-state index is -0.0953. The molecule has 1 N–H and O–H groups in total. The molecule has 1 aromatic carbocycles. The maximum absolute atomic E-state index is 12.3. The molecule has 4 aromatic rings. The summed E-state index contributed by atoms with van der Waals surface area (Å²) in [5, 5.41) is 9.75. The number of nitrogens with one attached hydrogen (secondary N) is 1. The van der Waals surface area contributed by atoms with Crippen LogP contribution in [0.3, 0.4) is 0 Å². The highest BCUT2D eigenvalue weighted by atomic mass is 32.1. The molecular weight excluding hydrogens is 360 g/mol. The first kappa shape index (κ1) is 17.0. The van der Waals surface area contributed by atoms with E-state index in [4.69, 9.17) is 0 Å². The molecule has 0 bridgehead atoms. The third kappa shape index (κ3) is 4.42. The Labute approximate surface area is 159 Å². The Balaban J connectivity index is 1.35. The standard InChI is InChI=1S/C19H16N6OS/c26-18(8-17-11-27-19(24-17)15-2-1-7-20-9-15)23-16-5-3-14(4-6-16)10-25-13-21-12-22-25/h1-7,9,11-13H,8,10H2,(H,23,26). The number of carbonyl (C=O) groups excluding carboxylic acids is 1. The Morgan fingerprint density at radius 1 is 1.15 bits per heavy atom. The number of nitrogens with zero attached hydrogens (tertiary/aromatic N) is 5. The van der Waals surface area contributed by atoms with Gasteiger partial charge in [0, 0.05) is 29.0 Å². The van der Waals surface area contributed by atoms with Crippen LogP contribution in [0.25, 0.3) is 10.6 Å². The molecule has 134 valence electrons. The van der Waals surface area contributed by atoms with Gasteiger partial charge in [-0.25, -0.2) is 14.6 Å². The molecule has 0 saturated carbocycles. The maximum Gasteiger partial charge on any atom is 0.230 e. The van der Waals surface area contributed by atoms with Crippen LogP contribution >= 0.6 is 11.3 Å². The van der Waals surface area contributed by atoms with Crippen molar-refractivity contribution in [3.05, 3.63) is 78.1 Å². The van der Waals surface area contributed by atoms with Crippen LogP contribution in [0.1, 0.15) is 11.3 Å². The zero-order valence-electron chi connectivity index (χ0n) is 14.3. The summed E-state index contributed by atoms with van der Waals surface area (Å²) in [7, 11) is 0. The van der Waals surface area contributed by atoms with Crippen molar-refractivity contribution in [1.29, 1.82) is 0 Å². The van der Waals surface area contributed by atoms with Crippen LogP contribution in [0.15, 0.2) is 66.8 Å². The lowest BCUT2D eigenvalue weighted by Gasteiger charge is -2.06. The van der Waals surface area contributed by atoms with Crippen molar-refractivity contribution in [3.63, 3.8) is 0 Å². The molecule has 3 aromatic heterocycles. The number of carbonyl (C=O) groups is 1. The summed E-state index contributed by atoms with van der Waals surface area (Å²) in [6, 6.07) is 11.5. The fourth-order valence-electron chi connectivity index (χ4n) is 2.57. The number of anilines is 1. The Morgan fingerprint density at radius 3 is 2.78 bits per heavy atom. The van der Waals surface area contributed by atoms with Gasteiger partial charge in [0.05, 0.1) is 18.7 Å². The first-order chi connectivity index (χ1) is 13.3. The van der Waals surface area contributed by atoms with Gasteiger partial charge in [-0.05, 0) is 29.8 Å². The molecule has 8 heteroatoms. The molecule has 7 nitrogen and oxygen atoms in total. The molecule has 0 atom stereocenters. The van der Waals surface area contributed by atoms with E-state index in [0.717, 1.165) is 27.5 Å². The first-order valence-corrected chi connectivity index (χ1v) is 9.20. The maximum atomic E-state index is 12.3. The predicted octanol–water partition coefficient (Wildman–Crippen LogP) is 3.03. The third-order valence-corrected chi connectivity index (χ3v) is 4.79. The van der Waals surface area contributed by atoms with Crippen LogP contribution in [0.5, 0.6) is 0 Å². The molecule has 4 rings (SSSR count). The predicted molar refractivity (Wildman–Crippen MR) is 103 cm³/mol. The number of amides is 1. The van der Waals surface area contributed by atoms with Gasteiger partial charge in [-0.15, -0.1) is 11.3 Å². The Kier molecular flexibility index (Phi) is 4.97. The number of aromatic nitrogens is 5. The molecule has 0 spiro atoms. The second kappa shape index (κ2) is 7.88. The SMILES string of the molecule is O=C(Cc1csc(-c2cccnc2)n1)Nc1ccc(Cn2cncn2)cc1. The van der Waals surface area contributed by atoms with Gasteiger partial charge in [-0.3, -0.25) is 9.78 Å². The normalized spacial score (nSPS) is 10.7. The average Bonchev–Trinajstić information content (AvgIpc) is 3.36. The van der Waals surface area contributed by atoms with Gasteiger partial charge in [0.25, 0.3) is 0 Å². The molecule has 3 heterocycles. The molecular formula is C19H16N6OS. The smallest absolute Gasteiger partial charge is 0.230 e. The number of rotatable bonds is 6. The van der Waals surface area contributed by atoms with E-state index < -0.39 is 0 Å². The molecule has 0 aliphatic rings. The van der Waals surface area contributed by atoms with Crippen molar-refractivity contribution in [2.45, 2.75) is 13.0 Å². The summed E-state index contributed by atoms with van der Waals surface area (Å²) in [5.41, 5.74) is 3.54. The molecule has 0 aliphatic heterocycles. The highest BCUT2D eigenvalue weighted by Gasteiger charge is 2.09. The van der Waals surface area contributed by atoms with E-state index in [0.29, 0.717) is 6.54 Å². The quantitative estimate of drug-likeness (QED) is 0.559. The van der Waals surface area contributed by atoms with E-state index in [9.17, 15) is 4.79 Å². The molecule has 0 aliphatic carbocycles. The fourth-order valence-corrected chi connectivity index (χ4v) is 3.39. The number of thiazole rings is 1. The van der Waals surface area contributed by atoms with E-state index in [1.807, 2.05) is 41.8 Å². The Hall–Kier alpha value is -3.39. The van der Waals surface area contributed by atoms with Gasteiger partial charge >= 0.3 is 0 Å². The van der Waals surface area contributed by atoms with Gasteiger partial charge in [0.2, 0.25) is 5.91 Å². The van der Waals surface area contributed by atoms with Crippen molar-refractivity contribution < 1.29 is 4.79 Å². The number of pyridine rings is 1. The van der Waals surface area contributed by atoms with Crippen LogP contribution in [0, 0.1) is 0 Å². The summed E-state index contributed by atoms with van der Waals surface area (Å²) in [5.74, 6) is -0.0953. The van der Waals surface area contributed by atoms with E-state index in [1.54, 1.807) is 23.4 Å². The van der Waals surface area contributed by atoms with Gasteiger partial charge in [-0.1, -0.05) is 12.1 Å². The largest absolute Gasteiger partial charge is 0.326 e. The van der Waals surface area contributed by atoms with Crippen LogP contribution < -0.4 is 5.32 Å². The van der Waals surface area contributed by atoms with E-state index >= 15 is 0 Å². The summed E-state index contributed by atoms with van der Waals surface area (Å²) >= 11 is 1.51. The fraction of sp³-hybridized carbons (Fsp3) is 0.105. The molecule has 0 unspecified atom stereocenters. The molecule has 0 radical (unpaired) electrons. The second-order valence-corrected chi connectivity index (χ2v) is 6.76. The summed E-state index contributed by atoms with van der Waals surface area (Å²) in [6.45, 7) is 0.643. The summed E-state index contributed by atoms with van der Waals surface area (Å²) in [6.07, 6.45) is 6.90. The van der Waals surface area contributed by atoms with Crippen LogP contribution in [0.4, 0.5) is 5.69 Å². The van der Waals surface area contributed by atoms with Crippen LogP contribution in [-0.4, -0.2) is 30.6 Å². The lowest BCUT2D eigenvalue weighted by Crippen LogP contribution is -2.14. The molecule has 1 amide bonds. The highest BCUT2D eigenvalue weighted by molar-refractivity contribution is 7.13. The number of hydrogen-bond donors (Lipinski definition) is 1. The van der Waals surface area contributed by atoms with Crippen LogP contribution in [-0.2, 0) is 17.8 Å². The second-order valence-electron chi connectivity index (χ2n) is 5.90. The average molecular weight is 376 g/mol. The molecule has 27 heavy (non-hydrogen) atoms. The van der Waals surface area contributed by atoms with Crippen LogP contribution in [0.2, 0.25) is 0 Å². The monoisotopic (exact) mass is 376 g/mol. The topological polar surface area (TPSA) is 85.6 Å². The van der Waals surface area contributed by atoms with Crippen molar-refractivity contribution in [3.8, 4) is 10.6 Å². The number of benzene rings is 1. The molecule has 0 saturated heterocycles. The van der Waals surface area contributed by atoms with E-state index in [2.05, 4.69) is 25.4 Å². The van der Waals surface area contributed by atoms with Crippen molar-refractivity contribution in [1.82, 2.24) is 24.7 Å². The minimum Gasteiger partial charge on any atom is -0.326 e. The summed E-state index contributed by atoms with van der Waals surface area (Å²) < 4.78 is 1.75. The zero-order chi connectivity index (χ0) is 18.5. The lowest BCUT2D eigenvalue weighted by molar-refractivity contribution is -0.115. The van der Waals surface area contributed by atoms with Crippen molar-refractivity contribution in [2.24, 2.45) is 0 Å². The minimum absolute atomic E-state index is 0.0953. The van der Waals surface area contributed by atoms with Crippen molar-refractivity contribution in [2.75, 3.05) is 5.32 Å². The van der Waals surface area contributed by atoms with Gasteiger partial charge in [0.15, 0.2) is 0 Å². The van der Waals surface area contributed by atoms with Gasteiger partial charge in [0.1, 0.15) is 17.7 Å². The first-order valence-electron chi connectivity index (χ1n) is 8.32. The van der Waals surface area contributed by atoms with Crippen molar-refractivity contribution >= 4 is 22.9 Å². The highest BCUT2D eigenvalue weighted by Crippen LogP contribution is 2.23. The zero-order valence-corrected chi connectivity index (χ0v) is 15.1. The Bertz CT molecular complexity index is 1010. The Morgan fingerprint density at radius 2 is 2.04 bits per heavy atom. The van der Waals surface area contributed by atoms with E-state index in [-0.39, 0.29) is 12.3 Å². The van der Waals surface area contributed by atoms with Gasteiger partial charge in [-0.2, -0.15) is 5.10 Å². The van der Waals surface area contributed by atoms with Gasteiger partial charge < -0.3 is 5.32 Å².